The van der Waals surface area contributed by atoms with Gasteiger partial charge >= 0.3 is 0 Å². The summed E-state index contributed by atoms with van der Waals surface area (Å²) in [6.45, 7) is 2.08. The molecule has 6 heteroatoms. The second-order valence-electron chi connectivity index (χ2n) is 4.68. The Morgan fingerprint density at radius 2 is 2.00 bits per heavy atom. The van der Waals surface area contributed by atoms with Gasteiger partial charge in [-0.05, 0) is 37.3 Å². The molecule has 0 fully saturated rings. The zero-order chi connectivity index (χ0) is 15.9. The molecule has 0 aliphatic carbocycles. The molecule has 0 saturated carbocycles. The molecule has 0 heterocycles. The molecule has 0 unspecified atom stereocenters. The van der Waals surface area contributed by atoms with Crippen molar-refractivity contribution in [3.05, 3.63) is 63.9 Å². The summed E-state index contributed by atoms with van der Waals surface area (Å²) in [7, 11) is 0. The molecule has 0 bridgehead atoms. The average molecular weight is 364 g/mol. The zero-order valence-corrected chi connectivity index (χ0v) is 13.5. The van der Waals surface area contributed by atoms with Crippen molar-refractivity contribution in [3.8, 4) is 0 Å². The van der Waals surface area contributed by atoms with Gasteiger partial charge in [-0.15, -0.1) is 0 Å². The smallest absolute Gasteiger partial charge is 0.259 e. The number of benzene rings is 2. The first-order valence-electron chi connectivity index (χ1n) is 6.62. The number of carbonyl (C=O) groups excluding carboxylic acids is 1. The molecule has 0 aliphatic rings. The van der Waals surface area contributed by atoms with Crippen molar-refractivity contribution < 1.29 is 9.18 Å². The van der Waals surface area contributed by atoms with Gasteiger partial charge in [0.1, 0.15) is 5.82 Å². The predicted octanol–water partition coefficient (Wildman–Crippen LogP) is 3.46. The second-order valence-corrected chi connectivity index (χ2v) is 5.59. The first-order valence-corrected chi connectivity index (χ1v) is 7.41. The normalized spacial score (nSPS) is 10.7. The summed E-state index contributed by atoms with van der Waals surface area (Å²) < 4.78 is 14.2. The van der Waals surface area contributed by atoms with Crippen molar-refractivity contribution in [2.75, 3.05) is 11.9 Å². The lowest BCUT2D eigenvalue weighted by molar-refractivity contribution is -0.119. The molecule has 1 amide bonds. The summed E-state index contributed by atoms with van der Waals surface area (Å²) in [5.74, 6) is -0.716. The maximum absolute atomic E-state index is 13.5. The lowest BCUT2D eigenvalue weighted by Crippen LogP contribution is -2.25. The molecule has 0 radical (unpaired) electrons. The van der Waals surface area contributed by atoms with Crippen molar-refractivity contribution in [2.45, 2.75) is 6.92 Å². The highest BCUT2D eigenvalue weighted by Gasteiger charge is 2.01. The van der Waals surface area contributed by atoms with Crippen LogP contribution in [0.25, 0.3) is 0 Å². The number of hydrogen-bond acceptors (Lipinski definition) is 3. The summed E-state index contributed by atoms with van der Waals surface area (Å²) in [5, 5.41) is 6.72. The highest BCUT2D eigenvalue weighted by Crippen LogP contribution is 2.13. The monoisotopic (exact) mass is 363 g/mol. The van der Waals surface area contributed by atoms with Gasteiger partial charge in [-0.2, -0.15) is 5.10 Å². The maximum Gasteiger partial charge on any atom is 0.259 e. The van der Waals surface area contributed by atoms with E-state index in [1.54, 1.807) is 12.1 Å². The van der Waals surface area contributed by atoms with Crippen molar-refractivity contribution >= 4 is 33.7 Å². The van der Waals surface area contributed by atoms with Crippen LogP contribution in [0, 0.1) is 12.7 Å². The van der Waals surface area contributed by atoms with Crippen LogP contribution in [-0.4, -0.2) is 18.7 Å². The molecule has 0 saturated heterocycles. The van der Waals surface area contributed by atoms with Crippen LogP contribution in [-0.2, 0) is 4.79 Å². The van der Waals surface area contributed by atoms with E-state index in [2.05, 4.69) is 31.8 Å². The Balaban J connectivity index is 1.83. The Hall–Kier alpha value is -2.21. The van der Waals surface area contributed by atoms with Crippen molar-refractivity contribution in [3.63, 3.8) is 0 Å². The average Bonchev–Trinajstić information content (AvgIpc) is 2.50. The molecule has 2 aromatic rings. The first kappa shape index (κ1) is 16.2. The van der Waals surface area contributed by atoms with E-state index in [4.69, 9.17) is 0 Å². The van der Waals surface area contributed by atoms with Crippen molar-refractivity contribution in [2.24, 2.45) is 5.10 Å². The molecule has 0 spiro atoms. The van der Waals surface area contributed by atoms with Crippen LogP contribution in [0.3, 0.4) is 0 Å². The van der Waals surface area contributed by atoms with E-state index in [1.165, 1.54) is 12.3 Å². The fourth-order valence-corrected chi connectivity index (χ4v) is 2.06. The Morgan fingerprint density at radius 1 is 1.27 bits per heavy atom. The largest absolute Gasteiger partial charge is 0.376 e. The summed E-state index contributed by atoms with van der Waals surface area (Å²) in [4.78, 5) is 11.6. The standard InChI is InChI=1S/C16H15BrFN3O/c1-11-2-5-14(6-3-11)19-10-16(22)21-20-9-12-8-13(17)4-7-15(12)18/h2-9,19H,10H2,1H3,(H,21,22)/b20-9+. The number of rotatable bonds is 5. The fourth-order valence-electron chi connectivity index (χ4n) is 1.68. The molecular weight excluding hydrogens is 349 g/mol. The molecule has 0 aliphatic heterocycles. The number of hydrazone groups is 1. The number of carbonyl (C=O) groups is 1. The maximum atomic E-state index is 13.5. The van der Waals surface area contributed by atoms with Crippen LogP contribution < -0.4 is 10.7 Å². The van der Waals surface area contributed by atoms with Crippen LogP contribution in [0.1, 0.15) is 11.1 Å². The highest BCUT2D eigenvalue weighted by molar-refractivity contribution is 9.10. The van der Waals surface area contributed by atoms with Gasteiger partial charge in [-0.25, -0.2) is 9.82 Å². The molecule has 2 aromatic carbocycles. The van der Waals surface area contributed by atoms with Crippen molar-refractivity contribution in [1.29, 1.82) is 0 Å². The van der Waals surface area contributed by atoms with E-state index in [-0.39, 0.29) is 12.5 Å². The summed E-state index contributed by atoms with van der Waals surface area (Å²) >= 11 is 3.25. The number of hydrogen-bond donors (Lipinski definition) is 2. The SMILES string of the molecule is Cc1ccc(NCC(=O)N/N=C/c2cc(Br)ccc2F)cc1. The Kier molecular flexibility index (Phi) is 5.66. The van der Waals surface area contributed by atoms with Crippen molar-refractivity contribution in [1.82, 2.24) is 5.43 Å². The minimum atomic E-state index is -0.404. The van der Waals surface area contributed by atoms with Gasteiger partial charge in [0.15, 0.2) is 0 Å². The third kappa shape index (κ3) is 4.96. The Labute approximate surface area is 136 Å². The van der Waals surface area contributed by atoms with E-state index >= 15 is 0 Å². The van der Waals surface area contributed by atoms with Crippen LogP contribution in [0.15, 0.2) is 52.0 Å². The summed E-state index contributed by atoms with van der Waals surface area (Å²) in [6.07, 6.45) is 1.27. The van der Waals surface area contributed by atoms with Gasteiger partial charge in [0, 0.05) is 15.7 Å². The summed E-state index contributed by atoms with van der Waals surface area (Å²) in [5.41, 5.74) is 4.64. The van der Waals surface area contributed by atoms with Gasteiger partial charge in [-0.1, -0.05) is 33.6 Å². The number of amides is 1. The molecule has 0 aromatic heterocycles. The minimum absolute atomic E-state index is 0.0847. The highest BCUT2D eigenvalue weighted by atomic mass is 79.9. The number of anilines is 1. The number of aryl methyl sites for hydroxylation is 1. The third-order valence-corrected chi connectivity index (χ3v) is 3.35. The van der Waals surface area contributed by atoms with Gasteiger partial charge in [0.2, 0.25) is 0 Å². The molecule has 4 nitrogen and oxygen atoms in total. The van der Waals surface area contributed by atoms with Crippen LogP contribution in [0.4, 0.5) is 10.1 Å². The van der Waals surface area contributed by atoms with Crippen LogP contribution >= 0.6 is 15.9 Å². The van der Waals surface area contributed by atoms with Crippen LogP contribution in [0.5, 0.6) is 0 Å². The van der Waals surface area contributed by atoms with Gasteiger partial charge in [-0.3, -0.25) is 4.79 Å². The first-order chi connectivity index (χ1) is 10.5. The zero-order valence-electron chi connectivity index (χ0n) is 11.9. The predicted molar refractivity (Wildman–Crippen MR) is 89.5 cm³/mol. The number of nitrogens with zero attached hydrogens (tertiary/aromatic N) is 1. The lowest BCUT2D eigenvalue weighted by Gasteiger charge is -2.05. The van der Waals surface area contributed by atoms with E-state index in [1.807, 2.05) is 31.2 Å². The lowest BCUT2D eigenvalue weighted by atomic mass is 10.2. The minimum Gasteiger partial charge on any atom is -0.376 e. The molecule has 22 heavy (non-hydrogen) atoms. The van der Waals surface area contributed by atoms with Gasteiger partial charge in [0.25, 0.3) is 5.91 Å². The van der Waals surface area contributed by atoms with Gasteiger partial charge in [0.05, 0.1) is 12.8 Å². The van der Waals surface area contributed by atoms with E-state index < -0.39 is 5.82 Å². The van der Waals surface area contributed by atoms with Gasteiger partial charge < -0.3 is 5.32 Å². The van der Waals surface area contributed by atoms with Crippen LogP contribution in [0.2, 0.25) is 0 Å². The number of halogens is 2. The molecular formula is C16H15BrFN3O. The molecule has 2 N–H and O–H groups in total. The van der Waals surface area contributed by atoms with E-state index in [9.17, 15) is 9.18 Å². The quantitative estimate of drug-likeness (QED) is 0.631. The molecule has 2 rings (SSSR count). The fraction of sp³-hybridized carbons (Fsp3) is 0.125. The second kappa shape index (κ2) is 7.70. The Morgan fingerprint density at radius 3 is 2.73 bits per heavy atom. The molecule has 0 atom stereocenters. The number of nitrogens with one attached hydrogen (secondary N) is 2. The van der Waals surface area contributed by atoms with E-state index in [0.29, 0.717) is 5.56 Å². The summed E-state index contributed by atoms with van der Waals surface area (Å²) in [6, 6.07) is 12.2. The molecule has 114 valence electrons. The third-order valence-electron chi connectivity index (χ3n) is 2.86. The topological polar surface area (TPSA) is 53.5 Å². The Bertz CT molecular complexity index is 686. The van der Waals surface area contributed by atoms with E-state index in [0.717, 1.165) is 15.7 Å².